The van der Waals surface area contributed by atoms with Gasteiger partial charge in [-0.15, -0.1) is 0 Å². The van der Waals surface area contributed by atoms with Gasteiger partial charge in [-0.1, -0.05) is 72.0 Å². The number of aromatic nitrogens is 2. The van der Waals surface area contributed by atoms with Crippen molar-refractivity contribution in [3.8, 4) is 11.3 Å². The number of amides is 1. The van der Waals surface area contributed by atoms with Crippen molar-refractivity contribution >= 4 is 43.5 Å². The fraction of sp³-hybridized carbons (Fsp3) is 0.258. The van der Waals surface area contributed by atoms with Crippen LogP contribution in [0.1, 0.15) is 22.3 Å². The van der Waals surface area contributed by atoms with E-state index in [9.17, 15) is 4.79 Å². The molecule has 38 heavy (non-hydrogen) atoms. The SMILES string of the molecule is Cc1cccc2sc(N(CCCN3CCOCC3)C(=O)c3cc(-c4ccccc4)nc4ccccc34)nc12. The van der Waals surface area contributed by atoms with Crippen molar-refractivity contribution in [1.82, 2.24) is 14.9 Å². The number of carbonyl (C=O) groups is 1. The molecule has 2 aromatic heterocycles. The molecule has 1 fully saturated rings. The summed E-state index contributed by atoms with van der Waals surface area (Å²) in [6.07, 6.45) is 0.856. The molecule has 0 radical (unpaired) electrons. The van der Waals surface area contributed by atoms with Crippen LogP contribution in [0.15, 0.2) is 78.9 Å². The molecule has 1 amide bonds. The van der Waals surface area contributed by atoms with Gasteiger partial charge < -0.3 is 4.74 Å². The third-order valence-corrected chi connectivity index (χ3v) is 8.10. The number of anilines is 1. The maximum Gasteiger partial charge on any atom is 0.260 e. The summed E-state index contributed by atoms with van der Waals surface area (Å²) >= 11 is 1.58. The number of hydrogen-bond donors (Lipinski definition) is 0. The van der Waals surface area contributed by atoms with Gasteiger partial charge in [0.05, 0.1) is 40.2 Å². The standard InChI is InChI=1S/C31H30N4O2S/c1-22-9-7-14-28-29(22)33-31(38-28)35(16-8-15-34-17-19-37-20-18-34)30(36)25-21-27(23-10-3-2-4-11-23)32-26-13-6-5-12-24(25)26/h2-7,9-14,21H,8,15-20H2,1H3. The van der Waals surface area contributed by atoms with E-state index >= 15 is 0 Å². The smallest absolute Gasteiger partial charge is 0.260 e. The van der Waals surface area contributed by atoms with Crippen LogP contribution >= 0.6 is 11.3 Å². The number of fused-ring (bicyclic) bond motifs is 2. The van der Waals surface area contributed by atoms with Crippen LogP contribution in [0.5, 0.6) is 0 Å². The van der Waals surface area contributed by atoms with Gasteiger partial charge in [-0.05, 0) is 37.1 Å². The molecule has 0 bridgehead atoms. The van der Waals surface area contributed by atoms with Crippen molar-refractivity contribution in [2.75, 3.05) is 44.3 Å². The minimum Gasteiger partial charge on any atom is -0.379 e. The number of benzene rings is 3. The molecule has 0 atom stereocenters. The number of carbonyl (C=O) groups excluding carboxylic acids is 1. The fourth-order valence-electron chi connectivity index (χ4n) is 5.01. The lowest BCUT2D eigenvalue weighted by molar-refractivity contribution is 0.0376. The molecule has 1 aliphatic heterocycles. The Bertz CT molecular complexity index is 1580. The molecule has 3 heterocycles. The molecule has 5 aromatic rings. The molecule has 7 heteroatoms. The lowest BCUT2D eigenvalue weighted by Gasteiger charge is -2.28. The summed E-state index contributed by atoms with van der Waals surface area (Å²) in [7, 11) is 0. The van der Waals surface area contributed by atoms with Crippen LogP contribution in [0.2, 0.25) is 0 Å². The van der Waals surface area contributed by atoms with Crippen molar-refractivity contribution in [3.63, 3.8) is 0 Å². The first-order chi connectivity index (χ1) is 18.7. The van der Waals surface area contributed by atoms with E-state index in [1.54, 1.807) is 11.3 Å². The molecule has 6 nitrogen and oxygen atoms in total. The molecule has 0 aliphatic carbocycles. The number of ether oxygens (including phenoxy) is 1. The van der Waals surface area contributed by atoms with Gasteiger partial charge in [-0.3, -0.25) is 14.6 Å². The zero-order chi connectivity index (χ0) is 25.9. The van der Waals surface area contributed by atoms with Crippen molar-refractivity contribution in [3.05, 3.63) is 90.0 Å². The number of rotatable bonds is 7. The first-order valence-corrected chi connectivity index (χ1v) is 13.9. The predicted octanol–water partition coefficient (Wildman–Crippen LogP) is 6.19. The normalized spacial score (nSPS) is 14.2. The van der Waals surface area contributed by atoms with Gasteiger partial charge in [0.15, 0.2) is 5.13 Å². The van der Waals surface area contributed by atoms with Gasteiger partial charge >= 0.3 is 0 Å². The highest BCUT2D eigenvalue weighted by molar-refractivity contribution is 7.22. The highest BCUT2D eigenvalue weighted by Crippen LogP contribution is 2.33. The molecule has 1 saturated heterocycles. The van der Waals surface area contributed by atoms with E-state index in [1.165, 1.54) is 0 Å². The summed E-state index contributed by atoms with van der Waals surface area (Å²) in [6, 6.07) is 26.1. The van der Waals surface area contributed by atoms with Gasteiger partial charge in [0.1, 0.15) is 0 Å². The molecule has 0 unspecified atom stereocenters. The fourth-order valence-corrected chi connectivity index (χ4v) is 6.07. The highest BCUT2D eigenvalue weighted by atomic mass is 32.1. The van der Waals surface area contributed by atoms with Crippen molar-refractivity contribution in [2.24, 2.45) is 0 Å². The van der Waals surface area contributed by atoms with Gasteiger partial charge in [0, 0.05) is 37.1 Å². The Labute approximate surface area is 226 Å². The van der Waals surface area contributed by atoms with Crippen LogP contribution < -0.4 is 4.90 Å². The average molecular weight is 523 g/mol. The van der Waals surface area contributed by atoms with E-state index in [0.717, 1.165) is 82.3 Å². The number of thiazole rings is 1. The molecular formula is C31H30N4O2S. The van der Waals surface area contributed by atoms with Gasteiger partial charge in [-0.2, -0.15) is 0 Å². The average Bonchev–Trinajstić information content (AvgIpc) is 3.41. The van der Waals surface area contributed by atoms with E-state index < -0.39 is 0 Å². The Morgan fingerprint density at radius 2 is 1.76 bits per heavy atom. The summed E-state index contributed by atoms with van der Waals surface area (Å²) in [5.41, 5.74) is 5.32. The summed E-state index contributed by atoms with van der Waals surface area (Å²) in [6.45, 7) is 6.98. The lowest BCUT2D eigenvalue weighted by atomic mass is 10.0. The maximum atomic E-state index is 14.4. The third kappa shape index (κ3) is 5.05. The van der Waals surface area contributed by atoms with Crippen LogP contribution in [0, 0.1) is 6.92 Å². The van der Waals surface area contributed by atoms with Crippen LogP contribution in [0.3, 0.4) is 0 Å². The summed E-state index contributed by atoms with van der Waals surface area (Å²) in [5, 5.41) is 1.59. The molecule has 0 saturated carbocycles. The van der Waals surface area contributed by atoms with E-state index in [-0.39, 0.29) is 5.91 Å². The van der Waals surface area contributed by atoms with Crippen LogP contribution in [0.4, 0.5) is 5.13 Å². The number of hydrogen-bond acceptors (Lipinski definition) is 6. The first-order valence-electron chi connectivity index (χ1n) is 13.1. The number of aryl methyl sites for hydroxylation is 1. The number of para-hydroxylation sites is 2. The summed E-state index contributed by atoms with van der Waals surface area (Å²) < 4.78 is 6.60. The van der Waals surface area contributed by atoms with Gasteiger partial charge in [0.2, 0.25) is 0 Å². The van der Waals surface area contributed by atoms with E-state index in [4.69, 9.17) is 14.7 Å². The van der Waals surface area contributed by atoms with Crippen LogP contribution in [-0.4, -0.2) is 60.2 Å². The first kappa shape index (κ1) is 24.7. The Balaban J connectivity index is 1.40. The molecule has 0 N–H and O–H groups in total. The van der Waals surface area contributed by atoms with Crippen molar-refractivity contribution < 1.29 is 9.53 Å². The molecule has 0 spiro atoms. The van der Waals surface area contributed by atoms with Crippen molar-refractivity contribution in [2.45, 2.75) is 13.3 Å². The quantitative estimate of drug-likeness (QED) is 0.255. The molecular weight excluding hydrogens is 492 g/mol. The second kappa shape index (κ2) is 11.0. The lowest BCUT2D eigenvalue weighted by Crippen LogP contribution is -2.39. The number of pyridine rings is 1. The Morgan fingerprint density at radius 3 is 2.58 bits per heavy atom. The molecule has 192 valence electrons. The van der Waals surface area contributed by atoms with Crippen molar-refractivity contribution in [1.29, 1.82) is 0 Å². The number of morpholine rings is 1. The zero-order valence-corrected chi connectivity index (χ0v) is 22.3. The topological polar surface area (TPSA) is 58.6 Å². The van der Waals surface area contributed by atoms with Crippen LogP contribution in [0.25, 0.3) is 32.4 Å². The van der Waals surface area contributed by atoms with E-state index in [1.807, 2.05) is 71.6 Å². The predicted molar refractivity (Wildman–Crippen MR) is 155 cm³/mol. The molecule has 3 aromatic carbocycles. The Hall–Kier alpha value is -3.65. The monoisotopic (exact) mass is 522 g/mol. The molecule has 1 aliphatic rings. The Morgan fingerprint density at radius 1 is 0.974 bits per heavy atom. The summed E-state index contributed by atoms with van der Waals surface area (Å²) in [4.78, 5) is 28.5. The largest absolute Gasteiger partial charge is 0.379 e. The van der Waals surface area contributed by atoms with Gasteiger partial charge in [0.25, 0.3) is 5.91 Å². The third-order valence-electron chi connectivity index (χ3n) is 7.06. The van der Waals surface area contributed by atoms with Gasteiger partial charge in [-0.25, -0.2) is 9.97 Å². The minimum atomic E-state index is -0.0422. The zero-order valence-electron chi connectivity index (χ0n) is 21.5. The summed E-state index contributed by atoms with van der Waals surface area (Å²) in [5.74, 6) is -0.0422. The second-order valence-corrected chi connectivity index (χ2v) is 10.6. The molecule has 6 rings (SSSR count). The van der Waals surface area contributed by atoms with E-state index in [0.29, 0.717) is 12.1 Å². The second-order valence-electron chi connectivity index (χ2n) is 9.62. The minimum absolute atomic E-state index is 0.0422. The van der Waals surface area contributed by atoms with Crippen LogP contribution in [-0.2, 0) is 4.74 Å². The number of nitrogens with zero attached hydrogens (tertiary/aromatic N) is 4. The Kier molecular flexibility index (Phi) is 7.14. The van der Waals surface area contributed by atoms with E-state index in [2.05, 4.69) is 24.0 Å². The maximum absolute atomic E-state index is 14.4. The highest BCUT2D eigenvalue weighted by Gasteiger charge is 2.25.